The highest BCUT2D eigenvalue weighted by Gasteiger charge is 2.18. The number of benzene rings is 2. The number of carbonyl (C=O) groups is 1. The van der Waals surface area contributed by atoms with E-state index in [2.05, 4.69) is 20.6 Å². The summed E-state index contributed by atoms with van der Waals surface area (Å²) in [6.45, 7) is 4.02. The number of amides is 1. The van der Waals surface area contributed by atoms with Gasteiger partial charge in [-0.2, -0.15) is 4.98 Å². The van der Waals surface area contributed by atoms with E-state index < -0.39 is 0 Å². The van der Waals surface area contributed by atoms with Gasteiger partial charge < -0.3 is 4.52 Å². The minimum absolute atomic E-state index is 0.0509. The predicted octanol–water partition coefficient (Wildman–Crippen LogP) is 5.70. The maximum Gasteiger partial charge on any atom is 0.250 e. The number of nitrogens with zero attached hydrogens (tertiary/aromatic N) is 4. The van der Waals surface area contributed by atoms with Crippen LogP contribution in [0.15, 0.2) is 40.2 Å². The van der Waals surface area contributed by atoms with E-state index in [0.29, 0.717) is 26.3 Å². The molecule has 31 heavy (non-hydrogen) atoms. The Bertz CT molecular complexity index is 1470. The lowest BCUT2D eigenvalue weighted by Crippen LogP contribution is -2.16. The van der Waals surface area contributed by atoms with Gasteiger partial charge >= 0.3 is 0 Å². The number of rotatable bonds is 4. The van der Waals surface area contributed by atoms with E-state index >= 15 is 0 Å². The van der Waals surface area contributed by atoms with Crippen molar-refractivity contribution in [2.24, 2.45) is 0 Å². The summed E-state index contributed by atoms with van der Waals surface area (Å²) in [5.41, 5.74) is 4.94. The van der Waals surface area contributed by atoms with Crippen molar-refractivity contribution >= 4 is 62.3 Å². The summed E-state index contributed by atoms with van der Waals surface area (Å²) in [7, 11) is 0. The van der Waals surface area contributed by atoms with Crippen LogP contribution in [0.3, 0.4) is 0 Å². The fourth-order valence-corrected chi connectivity index (χ4v) is 4.51. The van der Waals surface area contributed by atoms with Gasteiger partial charge in [0.15, 0.2) is 5.58 Å². The van der Waals surface area contributed by atoms with Crippen molar-refractivity contribution in [3.63, 3.8) is 0 Å². The molecular formula is C21H15Cl2N5O2S. The number of hydrogen-bond acceptors (Lipinski definition) is 6. The summed E-state index contributed by atoms with van der Waals surface area (Å²) in [5, 5.41) is 15.0. The fraction of sp³-hybridized carbons (Fsp3) is 0.143. The first kappa shape index (κ1) is 20.0. The normalized spacial score (nSPS) is 11.5. The lowest BCUT2D eigenvalue weighted by Gasteiger charge is -2.03. The number of aromatic nitrogens is 4. The van der Waals surface area contributed by atoms with Crippen molar-refractivity contribution in [3.05, 3.63) is 62.6 Å². The average Bonchev–Trinajstić information content (AvgIpc) is 3.40. The van der Waals surface area contributed by atoms with Gasteiger partial charge in [0.05, 0.1) is 17.1 Å². The number of hydrogen-bond donors (Lipinski definition) is 1. The monoisotopic (exact) mass is 471 g/mol. The molecule has 3 aromatic heterocycles. The van der Waals surface area contributed by atoms with Gasteiger partial charge in [-0.3, -0.25) is 10.1 Å². The number of aryl methyl sites for hydroxylation is 2. The van der Waals surface area contributed by atoms with Crippen molar-refractivity contribution in [2.45, 2.75) is 20.3 Å². The van der Waals surface area contributed by atoms with E-state index in [1.165, 1.54) is 11.3 Å². The molecule has 10 heteroatoms. The van der Waals surface area contributed by atoms with Crippen molar-refractivity contribution in [1.29, 1.82) is 0 Å². The third kappa shape index (κ3) is 3.67. The average molecular weight is 472 g/mol. The largest absolute Gasteiger partial charge is 0.356 e. The van der Waals surface area contributed by atoms with E-state index in [0.717, 1.165) is 27.8 Å². The molecule has 0 saturated carbocycles. The summed E-state index contributed by atoms with van der Waals surface area (Å²) >= 11 is 13.8. The minimum atomic E-state index is -0.283. The fourth-order valence-electron chi connectivity index (χ4n) is 3.31. The number of carbonyl (C=O) groups excluding carboxylic acids is 1. The number of fused-ring (bicyclic) bond motifs is 2. The first-order valence-electron chi connectivity index (χ1n) is 9.34. The molecule has 0 fully saturated rings. The molecule has 0 radical (unpaired) electrons. The molecule has 7 nitrogen and oxygen atoms in total. The molecule has 0 aliphatic heterocycles. The molecule has 3 heterocycles. The maximum atomic E-state index is 12.6. The summed E-state index contributed by atoms with van der Waals surface area (Å²) in [4.78, 5) is 17.6. The Kier molecular flexibility index (Phi) is 4.92. The zero-order chi connectivity index (χ0) is 21.7. The van der Waals surface area contributed by atoms with Crippen LogP contribution in [0.4, 0.5) is 5.95 Å². The Labute approximate surface area is 190 Å². The molecule has 1 amide bonds. The highest BCUT2D eigenvalue weighted by molar-refractivity contribution is 7.15. The standard InChI is InChI=1S/C21H15Cl2N5O2S/c1-10-5-14-16(27-30-18(14)6-11(10)2)8-19(29)24-20-25-21-28(26-20)17(9-31-21)13-7-12(22)3-4-15(13)23/h3-7,9H,8H2,1-2H3,(H,24,26,29). The molecule has 0 unspecified atom stereocenters. The summed E-state index contributed by atoms with van der Waals surface area (Å²) in [6, 6.07) is 9.13. The Morgan fingerprint density at radius 3 is 2.84 bits per heavy atom. The molecule has 0 atom stereocenters. The van der Waals surface area contributed by atoms with Gasteiger partial charge in [0.25, 0.3) is 0 Å². The molecule has 0 bridgehead atoms. The zero-order valence-corrected chi connectivity index (χ0v) is 18.8. The van der Waals surface area contributed by atoms with E-state index in [1.807, 2.05) is 31.4 Å². The van der Waals surface area contributed by atoms with E-state index in [1.54, 1.807) is 22.7 Å². The maximum absolute atomic E-state index is 12.6. The van der Waals surface area contributed by atoms with Gasteiger partial charge in [0.1, 0.15) is 5.69 Å². The van der Waals surface area contributed by atoms with Crippen molar-refractivity contribution < 1.29 is 9.32 Å². The zero-order valence-electron chi connectivity index (χ0n) is 16.4. The van der Waals surface area contributed by atoms with E-state index in [-0.39, 0.29) is 18.3 Å². The summed E-state index contributed by atoms with van der Waals surface area (Å²) < 4.78 is 7.00. The van der Waals surface area contributed by atoms with Gasteiger partial charge in [0.2, 0.25) is 16.8 Å². The van der Waals surface area contributed by atoms with Gasteiger partial charge in [-0.25, -0.2) is 4.52 Å². The van der Waals surface area contributed by atoms with Crippen LogP contribution < -0.4 is 5.32 Å². The van der Waals surface area contributed by atoms with Crippen LogP contribution in [0.2, 0.25) is 10.0 Å². The van der Waals surface area contributed by atoms with Crippen molar-refractivity contribution in [2.75, 3.05) is 5.32 Å². The van der Waals surface area contributed by atoms with Crippen LogP contribution in [-0.2, 0) is 11.2 Å². The highest BCUT2D eigenvalue weighted by atomic mass is 35.5. The smallest absolute Gasteiger partial charge is 0.250 e. The van der Waals surface area contributed by atoms with Crippen LogP contribution in [0.1, 0.15) is 16.8 Å². The minimum Gasteiger partial charge on any atom is -0.356 e. The molecular weight excluding hydrogens is 457 g/mol. The first-order valence-corrected chi connectivity index (χ1v) is 11.0. The molecule has 2 aromatic carbocycles. The van der Waals surface area contributed by atoms with Crippen molar-refractivity contribution in [1.82, 2.24) is 19.8 Å². The molecule has 0 aliphatic carbocycles. The Hall–Kier alpha value is -2.94. The van der Waals surface area contributed by atoms with Crippen LogP contribution >= 0.6 is 34.5 Å². The summed E-state index contributed by atoms with van der Waals surface area (Å²) in [5.74, 6) is -0.0786. The third-order valence-corrected chi connectivity index (χ3v) is 6.41. The second kappa shape index (κ2) is 7.64. The summed E-state index contributed by atoms with van der Waals surface area (Å²) in [6.07, 6.45) is 0.0509. The molecule has 1 N–H and O–H groups in total. The first-order chi connectivity index (χ1) is 14.9. The van der Waals surface area contributed by atoms with Crippen LogP contribution in [0.5, 0.6) is 0 Å². The number of halogens is 2. The SMILES string of the molecule is Cc1cc2onc(CC(=O)Nc3nc4scc(-c5cc(Cl)ccc5Cl)n4n3)c2cc1C. The molecule has 5 rings (SSSR count). The molecule has 0 saturated heterocycles. The van der Waals surface area contributed by atoms with Crippen LogP contribution in [-0.4, -0.2) is 25.7 Å². The molecule has 5 aromatic rings. The van der Waals surface area contributed by atoms with Crippen LogP contribution in [0.25, 0.3) is 27.2 Å². The highest BCUT2D eigenvalue weighted by Crippen LogP contribution is 2.33. The second-order valence-corrected chi connectivity index (χ2v) is 8.84. The lowest BCUT2D eigenvalue weighted by atomic mass is 10.1. The van der Waals surface area contributed by atoms with Gasteiger partial charge in [-0.05, 0) is 55.3 Å². The number of nitrogens with one attached hydrogen (secondary N) is 1. The molecule has 0 spiro atoms. The second-order valence-electron chi connectivity index (χ2n) is 7.16. The Balaban J connectivity index is 1.40. The topological polar surface area (TPSA) is 85.3 Å². The number of thiazole rings is 1. The number of anilines is 1. The predicted molar refractivity (Wildman–Crippen MR) is 122 cm³/mol. The Morgan fingerprint density at radius 1 is 1.19 bits per heavy atom. The van der Waals surface area contributed by atoms with Gasteiger partial charge in [-0.1, -0.05) is 28.4 Å². The Morgan fingerprint density at radius 2 is 2.00 bits per heavy atom. The molecule has 0 aliphatic rings. The van der Waals surface area contributed by atoms with E-state index in [9.17, 15) is 4.79 Å². The lowest BCUT2D eigenvalue weighted by molar-refractivity contribution is -0.115. The molecule has 156 valence electrons. The third-order valence-electron chi connectivity index (χ3n) is 5.03. The van der Waals surface area contributed by atoms with Crippen LogP contribution in [0, 0.1) is 13.8 Å². The van der Waals surface area contributed by atoms with Gasteiger partial charge in [-0.15, -0.1) is 16.4 Å². The van der Waals surface area contributed by atoms with E-state index in [4.69, 9.17) is 27.7 Å². The van der Waals surface area contributed by atoms with Crippen molar-refractivity contribution in [3.8, 4) is 11.3 Å². The quantitative estimate of drug-likeness (QED) is 0.363. The van der Waals surface area contributed by atoms with Gasteiger partial charge in [0, 0.05) is 21.4 Å².